The standard InChI is InChI=1S/C7H9BrO4/c1-4(9)3-5(8)6(10)7(11)12-2/h5H,3H2,1-2H3. The number of Topliss-reactive ketones (excluding diaryl/α,β-unsaturated/α-hetero) is 2. The van der Waals surface area contributed by atoms with Gasteiger partial charge in [0.2, 0.25) is 0 Å². The summed E-state index contributed by atoms with van der Waals surface area (Å²) in [4.78, 5) is 31.3. The molecule has 5 heteroatoms. The molecule has 0 N–H and O–H groups in total. The number of halogens is 1. The fourth-order valence-corrected chi connectivity index (χ4v) is 1.22. The van der Waals surface area contributed by atoms with Crippen LogP contribution in [0.25, 0.3) is 0 Å². The summed E-state index contributed by atoms with van der Waals surface area (Å²) in [5.41, 5.74) is 0. The first-order chi connectivity index (χ1) is 5.49. The fourth-order valence-electron chi connectivity index (χ4n) is 0.574. The molecule has 68 valence electrons. The Labute approximate surface area is 78.4 Å². The average molecular weight is 237 g/mol. The van der Waals surface area contributed by atoms with Crippen molar-refractivity contribution in [1.29, 1.82) is 0 Å². The van der Waals surface area contributed by atoms with E-state index in [0.717, 1.165) is 7.11 Å². The first-order valence-corrected chi connectivity index (χ1v) is 4.16. The molecule has 0 aromatic heterocycles. The Balaban J connectivity index is 4.10. The van der Waals surface area contributed by atoms with Gasteiger partial charge in [-0.3, -0.25) is 9.59 Å². The van der Waals surface area contributed by atoms with Crippen LogP contribution in [-0.4, -0.2) is 29.5 Å². The number of carbonyl (C=O) groups is 3. The van der Waals surface area contributed by atoms with Gasteiger partial charge in [-0.15, -0.1) is 0 Å². The highest BCUT2D eigenvalue weighted by Crippen LogP contribution is 2.07. The van der Waals surface area contributed by atoms with Crippen molar-refractivity contribution >= 4 is 33.5 Å². The zero-order valence-electron chi connectivity index (χ0n) is 6.80. The molecule has 12 heavy (non-hydrogen) atoms. The largest absolute Gasteiger partial charge is 0.463 e. The van der Waals surface area contributed by atoms with Gasteiger partial charge < -0.3 is 4.74 Å². The molecule has 1 unspecified atom stereocenters. The van der Waals surface area contributed by atoms with Gasteiger partial charge >= 0.3 is 5.97 Å². The number of alkyl halides is 1. The summed E-state index contributed by atoms with van der Waals surface area (Å²) in [5, 5.41) is 0. The summed E-state index contributed by atoms with van der Waals surface area (Å²) in [7, 11) is 1.12. The van der Waals surface area contributed by atoms with Gasteiger partial charge in [-0.25, -0.2) is 4.79 Å². The molecule has 0 aromatic rings. The minimum absolute atomic E-state index is 0.00787. The number of hydrogen-bond acceptors (Lipinski definition) is 4. The van der Waals surface area contributed by atoms with Crippen LogP contribution >= 0.6 is 15.9 Å². The second-order valence-corrected chi connectivity index (χ2v) is 3.33. The van der Waals surface area contributed by atoms with Crippen LogP contribution in [0.1, 0.15) is 13.3 Å². The summed E-state index contributed by atoms with van der Waals surface area (Å²) >= 11 is 2.91. The number of hydrogen-bond donors (Lipinski definition) is 0. The van der Waals surface area contributed by atoms with E-state index in [1.807, 2.05) is 0 Å². The van der Waals surface area contributed by atoms with Crippen molar-refractivity contribution in [3.63, 3.8) is 0 Å². The Morgan fingerprint density at radius 3 is 2.25 bits per heavy atom. The van der Waals surface area contributed by atoms with E-state index in [4.69, 9.17) is 0 Å². The first kappa shape index (κ1) is 11.3. The SMILES string of the molecule is COC(=O)C(=O)C(Br)CC(C)=O. The van der Waals surface area contributed by atoms with Gasteiger partial charge in [-0.1, -0.05) is 15.9 Å². The molecule has 0 saturated heterocycles. The smallest absolute Gasteiger partial charge is 0.375 e. The van der Waals surface area contributed by atoms with Crippen LogP contribution in [0.15, 0.2) is 0 Å². The number of ketones is 2. The Hall–Kier alpha value is -0.710. The van der Waals surface area contributed by atoms with Crippen molar-refractivity contribution in [3.8, 4) is 0 Å². The molecule has 0 fully saturated rings. The lowest BCUT2D eigenvalue weighted by atomic mass is 10.2. The highest BCUT2D eigenvalue weighted by Gasteiger charge is 2.24. The number of methoxy groups -OCH3 is 1. The van der Waals surface area contributed by atoms with Crippen LogP contribution in [-0.2, 0) is 19.1 Å². The predicted molar refractivity (Wildman–Crippen MR) is 45.0 cm³/mol. The molecule has 0 amide bonds. The number of carbonyl (C=O) groups excluding carboxylic acids is 3. The Morgan fingerprint density at radius 1 is 1.42 bits per heavy atom. The van der Waals surface area contributed by atoms with Gasteiger partial charge in [0.25, 0.3) is 5.78 Å². The second-order valence-electron chi connectivity index (χ2n) is 2.23. The fraction of sp³-hybridized carbons (Fsp3) is 0.571. The van der Waals surface area contributed by atoms with Gasteiger partial charge in [0.05, 0.1) is 11.9 Å². The summed E-state index contributed by atoms with van der Waals surface area (Å²) in [5.74, 6) is -1.82. The third kappa shape index (κ3) is 3.61. The topological polar surface area (TPSA) is 60.4 Å². The lowest BCUT2D eigenvalue weighted by molar-refractivity contribution is -0.151. The highest BCUT2D eigenvalue weighted by atomic mass is 79.9. The zero-order chi connectivity index (χ0) is 9.72. The molecule has 0 spiro atoms. The van der Waals surface area contributed by atoms with Gasteiger partial charge in [0.15, 0.2) is 0 Å². The Morgan fingerprint density at radius 2 is 1.92 bits per heavy atom. The van der Waals surface area contributed by atoms with Gasteiger partial charge in [0.1, 0.15) is 5.78 Å². The van der Waals surface area contributed by atoms with Crippen molar-refractivity contribution in [2.24, 2.45) is 0 Å². The van der Waals surface area contributed by atoms with Crippen LogP contribution in [0.2, 0.25) is 0 Å². The quantitative estimate of drug-likeness (QED) is 0.405. The van der Waals surface area contributed by atoms with Crippen molar-refractivity contribution in [3.05, 3.63) is 0 Å². The summed E-state index contributed by atoms with van der Waals surface area (Å²) in [6, 6.07) is 0. The van der Waals surface area contributed by atoms with Crippen molar-refractivity contribution in [1.82, 2.24) is 0 Å². The van der Waals surface area contributed by atoms with Gasteiger partial charge in [-0.2, -0.15) is 0 Å². The number of rotatable bonds is 4. The Kier molecular flexibility index (Phi) is 4.73. The van der Waals surface area contributed by atoms with Crippen LogP contribution in [0.5, 0.6) is 0 Å². The lowest BCUT2D eigenvalue weighted by Gasteiger charge is -2.03. The van der Waals surface area contributed by atoms with E-state index in [-0.39, 0.29) is 12.2 Å². The van der Waals surface area contributed by atoms with E-state index < -0.39 is 16.6 Å². The minimum Gasteiger partial charge on any atom is -0.463 e. The third-order valence-electron chi connectivity index (χ3n) is 1.14. The lowest BCUT2D eigenvalue weighted by Crippen LogP contribution is -2.26. The molecule has 0 aliphatic carbocycles. The van der Waals surface area contributed by atoms with E-state index in [9.17, 15) is 14.4 Å². The monoisotopic (exact) mass is 236 g/mol. The van der Waals surface area contributed by atoms with Gasteiger partial charge in [-0.05, 0) is 6.92 Å². The van der Waals surface area contributed by atoms with E-state index in [1.165, 1.54) is 6.92 Å². The Bertz CT molecular complexity index is 211. The molecule has 0 rings (SSSR count). The second kappa shape index (κ2) is 5.03. The molecular weight excluding hydrogens is 228 g/mol. The van der Waals surface area contributed by atoms with Crippen molar-refractivity contribution < 1.29 is 19.1 Å². The van der Waals surface area contributed by atoms with Crippen LogP contribution in [0, 0.1) is 0 Å². The van der Waals surface area contributed by atoms with Crippen LogP contribution in [0.4, 0.5) is 0 Å². The third-order valence-corrected chi connectivity index (χ3v) is 1.88. The van der Waals surface area contributed by atoms with Gasteiger partial charge in [0, 0.05) is 6.42 Å². The predicted octanol–water partition coefficient (Wildman–Crippen LogP) is 0.471. The molecule has 0 heterocycles. The molecule has 0 radical (unpaired) electrons. The maximum Gasteiger partial charge on any atom is 0.375 e. The van der Waals surface area contributed by atoms with Crippen molar-refractivity contribution in [2.45, 2.75) is 18.2 Å². The maximum atomic E-state index is 10.9. The van der Waals surface area contributed by atoms with E-state index >= 15 is 0 Å². The number of ether oxygens (including phenoxy) is 1. The average Bonchev–Trinajstić information content (AvgIpc) is 2.00. The molecule has 0 aromatic carbocycles. The van der Waals surface area contributed by atoms with E-state index in [1.54, 1.807) is 0 Å². The summed E-state index contributed by atoms with van der Waals surface area (Å²) in [6.07, 6.45) is 0.00787. The normalized spacial score (nSPS) is 11.9. The van der Waals surface area contributed by atoms with Crippen LogP contribution < -0.4 is 0 Å². The molecule has 0 aliphatic rings. The molecule has 0 saturated carbocycles. The first-order valence-electron chi connectivity index (χ1n) is 3.24. The highest BCUT2D eigenvalue weighted by molar-refractivity contribution is 9.10. The summed E-state index contributed by atoms with van der Waals surface area (Å²) < 4.78 is 4.18. The molecular formula is C7H9BrO4. The zero-order valence-corrected chi connectivity index (χ0v) is 8.38. The molecule has 1 atom stereocenters. The van der Waals surface area contributed by atoms with Crippen LogP contribution in [0.3, 0.4) is 0 Å². The maximum absolute atomic E-state index is 10.9. The minimum atomic E-state index is -0.932. The molecule has 0 aliphatic heterocycles. The molecule has 0 bridgehead atoms. The summed E-state index contributed by atoms with van der Waals surface area (Å²) in [6.45, 7) is 1.35. The van der Waals surface area contributed by atoms with Crippen molar-refractivity contribution in [2.75, 3.05) is 7.11 Å². The molecule has 4 nitrogen and oxygen atoms in total. The van der Waals surface area contributed by atoms with E-state index in [0.29, 0.717) is 0 Å². The number of esters is 1. The van der Waals surface area contributed by atoms with E-state index in [2.05, 4.69) is 20.7 Å².